The van der Waals surface area contributed by atoms with Gasteiger partial charge in [-0.05, 0) is 18.7 Å². The van der Waals surface area contributed by atoms with Gasteiger partial charge in [0.1, 0.15) is 12.4 Å². The Kier molecular flexibility index (Phi) is 4.06. The molecule has 0 aliphatic heterocycles. The molecule has 0 saturated heterocycles. The van der Waals surface area contributed by atoms with E-state index in [0.29, 0.717) is 12.4 Å². The van der Waals surface area contributed by atoms with Crippen molar-refractivity contribution in [1.29, 1.82) is 0 Å². The zero-order chi connectivity index (χ0) is 14.7. The maximum Gasteiger partial charge on any atom is 0.246 e. The first-order valence-corrected chi connectivity index (χ1v) is 8.05. The van der Waals surface area contributed by atoms with Crippen molar-refractivity contribution in [2.24, 2.45) is 0 Å². The third-order valence-corrected chi connectivity index (χ3v) is 3.74. The third-order valence-electron chi connectivity index (χ3n) is 3.19. The van der Waals surface area contributed by atoms with Crippen LogP contribution < -0.4 is 0 Å². The van der Waals surface area contributed by atoms with E-state index >= 15 is 0 Å². The molecular weight excluding hydrogens is 284 g/mol. The number of aromatic nitrogens is 4. The van der Waals surface area contributed by atoms with Gasteiger partial charge in [-0.3, -0.25) is 0 Å². The second kappa shape index (κ2) is 6.13. The monoisotopic (exact) mass is 300 g/mol. The van der Waals surface area contributed by atoms with Crippen LogP contribution in [-0.4, -0.2) is 25.9 Å². The molecule has 0 aliphatic carbocycles. The Hall–Kier alpha value is -2.08. The lowest BCUT2D eigenvalue weighted by atomic mass is 10.1. The first-order chi connectivity index (χ1) is 10.3. The smallest absolute Gasteiger partial charge is 0.246 e. The van der Waals surface area contributed by atoms with E-state index in [-0.39, 0.29) is 0 Å². The van der Waals surface area contributed by atoms with E-state index in [2.05, 4.69) is 34.2 Å². The summed E-state index contributed by atoms with van der Waals surface area (Å²) in [6.07, 6.45) is 5.74. The molecule has 3 aromatic rings. The summed E-state index contributed by atoms with van der Waals surface area (Å²) < 4.78 is 7.32. The van der Waals surface area contributed by atoms with Crippen molar-refractivity contribution in [2.75, 3.05) is 6.26 Å². The Morgan fingerprint density at radius 1 is 1.29 bits per heavy atom. The molecule has 3 rings (SSSR count). The molecule has 2 heterocycles. The van der Waals surface area contributed by atoms with Crippen LogP contribution in [0.1, 0.15) is 17.3 Å². The van der Waals surface area contributed by atoms with Crippen LogP contribution in [0.4, 0.5) is 0 Å². The van der Waals surface area contributed by atoms with Gasteiger partial charge < -0.3 is 9.09 Å². The fourth-order valence-corrected chi connectivity index (χ4v) is 2.57. The number of thioether (sulfide) groups is 1. The molecule has 0 amide bonds. The summed E-state index contributed by atoms with van der Waals surface area (Å²) in [6, 6.07) is 8.20. The van der Waals surface area contributed by atoms with Crippen LogP contribution in [-0.2, 0) is 12.3 Å². The van der Waals surface area contributed by atoms with Gasteiger partial charge in [0.2, 0.25) is 5.89 Å². The summed E-state index contributed by atoms with van der Waals surface area (Å²) >= 11 is 1.67. The Bertz CT molecular complexity index is 735. The van der Waals surface area contributed by atoms with Crippen LogP contribution in [0, 0.1) is 6.92 Å². The van der Waals surface area contributed by atoms with E-state index in [1.165, 1.54) is 5.56 Å². The average Bonchev–Trinajstić information content (AvgIpc) is 3.10. The third kappa shape index (κ3) is 3.00. The van der Waals surface area contributed by atoms with Crippen molar-refractivity contribution in [3.8, 4) is 11.4 Å². The fourth-order valence-electron chi connectivity index (χ4n) is 2.19. The molecule has 108 valence electrons. The minimum atomic E-state index is 0.533. The molecule has 0 N–H and O–H groups in total. The van der Waals surface area contributed by atoms with Crippen LogP contribution in [0.5, 0.6) is 0 Å². The Morgan fingerprint density at radius 2 is 2.14 bits per heavy atom. The molecule has 0 saturated carbocycles. The minimum Gasteiger partial charge on any atom is -0.337 e. The Morgan fingerprint density at radius 3 is 2.95 bits per heavy atom. The van der Waals surface area contributed by atoms with Gasteiger partial charge in [-0.25, -0.2) is 4.98 Å². The first kappa shape index (κ1) is 13.9. The van der Waals surface area contributed by atoms with Crippen molar-refractivity contribution in [1.82, 2.24) is 19.7 Å². The van der Waals surface area contributed by atoms with Crippen LogP contribution in [0.3, 0.4) is 0 Å². The average molecular weight is 300 g/mol. The molecule has 0 spiro atoms. The Labute approximate surface area is 127 Å². The second-order valence-electron chi connectivity index (χ2n) is 4.73. The number of aryl methyl sites for hydroxylation is 1. The maximum atomic E-state index is 5.29. The highest BCUT2D eigenvalue weighted by Crippen LogP contribution is 2.22. The Balaban J connectivity index is 1.87. The number of benzene rings is 1. The molecule has 0 bridgehead atoms. The van der Waals surface area contributed by atoms with E-state index in [9.17, 15) is 0 Å². The van der Waals surface area contributed by atoms with Gasteiger partial charge in [0.25, 0.3) is 0 Å². The number of rotatable bonds is 5. The quantitative estimate of drug-likeness (QED) is 0.724. The molecule has 0 aliphatic rings. The van der Waals surface area contributed by atoms with E-state index in [0.717, 1.165) is 23.0 Å². The molecule has 0 radical (unpaired) electrons. The summed E-state index contributed by atoms with van der Waals surface area (Å²) in [5.74, 6) is 3.01. The van der Waals surface area contributed by atoms with Gasteiger partial charge in [0.15, 0.2) is 5.82 Å². The summed E-state index contributed by atoms with van der Waals surface area (Å²) in [5.41, 5.74) is 2.31. The topological polar surface area (TPSA) is 56.7 Å². The van der Waals surface area contributed by atoms with E-state index in [1.807, 2.05) is 29.2 Å². The lowest BCUT2D eigenvalue weighted by molar-refractivity contribution is 0.368. The number of nitrogens with zero attached hydrogens (tertiary/aromatic N) is 4. The molecule has 1 aromatic carbocycles. The number of hydrogen-bond donors (Lipinski definition) is 0. The molecule has 6 heteroatoms. The fraction of sp³-hybridized carbons (Fsp3) is 0.267. The van der Waals surface area contributed by atoms with Crippen molar-refractivity contribution < 1.29 is 4.52 Å². The summed E-state index contributed by atoms with van der Waals surface area (Å²) in [7, 11) is 0. The lowest BCUT2D eigenvalue weighted by Crippen LogP contribution is -2.02. The van der Waals surface area contributed by atoms with Crippen LogP contribution in [0.15, 0.2) is 41.2 Å². The predicted molar refractivity (Wildman–Crippen MR) is 83.0 cm³/mol. The number of hydrogen-bond acceptors (Lipinski definition) is 5. The van der Waals surface area contributed by atoms with Gasteiger partial charge in [0.05, 0.1) is 5.75 Å². The largest absolute Gasteiger partial charge is 0.337 e. The first-order valence-electron chi connectivity index (χ1n) is 6.65. The predicted octanol–water partition coefficient (Wildman–Crippen LogP) is 3.15. The summed E-state index contributed by atoms with van der Waals surface area (Å²) in [4.78, 5) is 8.84. The molecule has 2 aromatic heterocycles. The standard InChI is InChI=1S/C15H16N4OS/c1-11-5-3-4-6-12(11)15-16-7-8-19(15)9-14-17-13(10-21-2)18-20-14/h3-8H,9-10H2,1-2H3. The van der Waals surface area contributed by atoms with Crippen molar-refractivity contribution in [3.05, 3.63) is 53.9 Å². The van der Waals surface area contributed by atoms with Gasteiger partial charge >= 0.3 is 0 Å². The molecular formula is C15H16N4OS. The lowest BCUT2D eigenvalue weighted by Gasteiger charge is -2.07. The summed E-state index contributed by atoms with van der Waals surface area (Å²) in [6.45, 7) is 2.61. The minimum absolute atomic E-state index is 0.533. The van der Waals surface area contributed by atoms with Crippen LogP contribution in [0.25, 0.3) is 11.4 Å². The van der Waals surface area contributed by atoms with Gasteiger partial charge in [-0.2, -0.15) is 16.7 Å². The van der Waals surface area contributed by atoms with Crippen LogP contribution in [0.2, 0.25) is 0 Å². The normalized spacial score (nSPS) is 11.0. The second-order valence-corrected chi connectivity index (χ2v) is 5.60. The zero-order valence-corrected chi connectivity index (χ0v) is 12.8. The number of imidazole rings is 1. The van der Waals surface area contributed by atoms with E-state index < -0.39 is 0 Å². The van der Waals surface area contributed by atoms with Gasteiger partial charge in [-0.1, -0.05) is 29.4 Å². The SMILES string of the molecule is CSCc1noc(Cn2ccnc2-c2ccccc2C)n1. The van der Waals surface area contributed by atoms with Crippen molar-refractivity contribution in [3.63, 3.8) is 0 Å². The molecule has 0 atom stereocenters. The van der Waals surface area contributed by atoms with Gasteiger partial charge in [-0.15, -0.1) is 0 Å². The van der Waals surface area contributed by atoms with E-state index in [4.69, 9.17) is 4.52 Å². The molecule has 0 unspecified atom stereocenters. The highest BCUT2D eigenvalue weighted by atomic mass is 32.2. The van der Waals surface area contributed by atoms with Crippen molar-refractivity contribution in [2.45, 2.75) is 19.2 Å². The molecule has 5 nitrogen and oxygen atoms in total. The molecule has 0 fully saturated rings. The maximum absolute atomic E-state index is 5.29. The van der Waals surface area contributed by atoms with Crippen molar-refractivity contribution >= 4 is 11.8 Å². The highest BCUT2D eigenvalue weighted by Gasteiger charge is 2.12. The summed E-state index contributed by atoms with van der Waals surface area (Å²) in [5, 5.41) is 3.97. The van der Waals surface area contributed by atoms with Gasteiger partial charge in [0, 0.05) is 18.0 Å². The highest BCUT2D eigenvalue weighted by molar-refractivity contribution is 7.97. The molecule has 21 heavy (non-hydrogen) atoms. The van der Waals surface area contributed by atoms with E-state index in [1.54, 1.807) is 18.0 Å². The van der Waals surface area contributed by atoms with Crippen LogP contribution >= 0.6 is 11.8 Å². The zero-order valence-electron chi connectivity index (χ0n) is 12.0.